The lowest BCUT2D eigenvalue weighted by Crippen LogP contribution is -2.53. The fourth-order valence-electron chi connectivity index (χ4n) is 3.23. The highest BCUT2D eigenvalue weighted by atomic mass is 16.4. The molecule has 1 saturated carbocycles. The molecule has 1 aliphatic heterocycles. The Morgan fingerprint density at radius 2 is 1.63 bits per heavy atom. The number of piperazine rings is 1. The van der Waals surface area contributed by atoms with Crippen LogP contribution < -0.4 is 0 Å². The van der Waals surface area contributed by atoms with Crippen LogP contribution in [0.5, 0.6) is 0 Å². The Labute approximate surface area is 114 Å². The topological polar surface area (TPSA) is 60.9 Å². The molecule has 0 aromatic heterocycles. The minimum atomic E-state index is -0.793. The van der Waals surface area contributed by atoms with Crippen molar-refractivity contribution in [1.29, 1.82) is 0 Å². The maximum absolute atomic E-state index is 12.6. The Kier molecular flexibility index (Phi) is 4.45. The number of amides is 1. The van der Waals surface area contributed by atoms with Crippen LogP contribution in [0.25, 0.3) is 0 Å². The number of carboxylic acid groups (broad SMARTS) is 1. The largest absolute Gasteiger partial charge is 0.480 e. The summed E-state index contributed by atoms with van der Waals surface area (Å²) in [5, 5.41) is 8.76. The van der Waals surface area contributed by atoms with Crippen LogP contribution in [0.4, 0.5) is 0 Å². The highest BCUT2D eigenvalue weighted by Gasteiger charge is 2.38. The van der Waals surface area contributed by atoms with Gasteiger partial charge in [-0.05, 0) is 12.8 Å². The van der Waals surface area contributed by atoms with Gasteiger partial charge in [0, 0.05) is 31.6 Å². The van der Waals surface area contributed by atoms with E-state index in [-0.39, 0.29) is 17.9 Å². The van der Waals surface area contributed by atoms with Gasteiger partial charge in [-0.15, -0.1) is 0 Å². The molecule has 1 amide bonds. The number of carbonyl (C=O) groups excluding carboxylic acids is 1. The maximum Gasteiger partial charge on any atom is 0.317 e. The van der Waals surface area contributed by atoms with Crippen LogP contribution in [0.3, 0.4) is 0 Å². The molecule has 2 aliphatic rings. The van der Waals surface area contributed by atoms with Crippen molar-refractivity contribution in [3.63, 3.8) is 0 Å². The molecule has 0 atom stereocenters. The summed E-state index contributed by atoms with van der Waals surface area (Å²) >= 11 is 0. The van der Waals surface area contributed by atoms with Crippen molar-refractivity contribution in [2.75, 3.05) is 32.7 Å². The molecule has 5 nitrogen and oxygen atoms in total. The molecule has 0 bridgehead atoms. The zero-order valence-corrected chi connectivity index (χ0v) is 11.7. The lowest BCUT2D eigenvalue weighted by molar-refractivity contribution is -0.145. The van der Waals surface area contributed by atoms with Crippen molar-refractivity contribution in [1.82, 2.24) is 9.80 Å². The van der Waals surface area contributed by atoms with Gasteiger partial charge in [0.15, 0.2) is 0 Å². The monoisotopic (exact) mass is 268 g/mol. The summed E-state index contributed by atoms with van der Waals surface area (Å²) < 4.78 is 0. The molecule has 108 valence electrons. The Hall–Kier alpha value is -1.10. The van der Waals surface area contributed by atoms with Crippen molar-refractivity contribution < 1.29 is 14.7 Å². The Balaban J connectivity index is 1.86. The van der Waals surface area contributed by atoms with Gasteiger partial charge in [-0.3, -0.25) is 14.5 Å². The predicted octanol–water partition coefficient (Wildman–Crippen LogP) is 1.19. The SMILES string of the molecule is CC1(C(=O)N2CCN(CC(=O)O)CC2)CCCCC1. The summed E-state index contributed by atoms with van der Waals surface area (Å²) in [6.45, 7) is 4.86. The van der Waals surface area contributed by atoms with Crippen LogP contribution in [-0.2, 0) is 9.59 Å². The molecule has 0 aromatic carbocycles. The lowest BCUT2D eigenvalue weighted by atomic mass is 9.74. The highest BCUT2D eigenvalue weighted by Crippen LogP contribution is 2.37. The molecule has 19 heavy (non-hydrogen) atoms. The highest BCUT2D eigenvalue weighted by molar-refractivity contribution is 5.82. The van der Waals surface area contributed by atoms with Crippen LogP contribution in [0.1, 0.15) is 39.0 Å². The third-order valence-electron chi connectivity index (χ3n) is 4.49. The summed E-state index contributed by atoms with van der Waals surface area (Å²) in [6.07, 6.45) is 5.56. The van der Waals surface area contributed by atoms with Crippen LogP contribution in [0, 0.1) is 5.41 Å². The van der Waals surface area contributed by atoms with E-state index >= 15 is 0 Å². The molecule has 5 heteroatoms. The molecule has 1 aliphatic carbocycles. The summed E-state index contributed by atoms with van der Waals surface area (Å²) in [5.41, 5.74) is -0.173. The van der Waals surface area contributed by atoms with E-state index in [0.29, 0.717) is 26.2 Å². The van der Waals surface area contributed by atoms with Gasteiger partial charge in [-0.25, -0.2) is 0 Å². The zero-order valence-electron chi connectivity index (χ0n) is 11.7. The first-order valence-corrected chi connectivity index (χ1v) is 7.25. The molecular formula is C14H24N2O3. The van der Waals surface area contributed by atoms with Gasteiger partial charge in [0.05, 0.1) is 6.54 Å². The van der Waals surface area contributed by atoms with E-state index in [4.69, 9.17) is 5.11 Å². The predicted molar refractivity (Wildman–Crippen MR) is 71.8 cm³/mol. The quantitative estimate of drug-likeness (QED) is 0.835. The summed E-state index contributed by atoms with van der Waals surface area (Å²) in [7, 11) is 0. The fourth-order valence-corrected chi connectivity index (χ4v) is 3.23. The molecule has 0 unspecified atom stereocenters. The lowest BCUT2D eigenvalue weighted by Gasteiger charge is -2.41. The maximum atomic E-state index is 12.6. The fraction of sp³-hybridized carbons (Fsp3) is 0.857. The first kappa shape index (κ1) is 14.3. The third kappa shape index (κ3) is 3.47. The molecule has 0 radical (unpaired) electrons. The van der Waals surface area contributed by atoms with Gasteiger partial charge in [0.25, 0.3) is 0 Å². The first-order chi connectivity index (χ1) is 9.01. The second kappa shape index (κ2) is 5.90. The van der Waals surface area contributed by atoms with Crippen LogP contribution >= 0.6 is 0 Å². The van der Waals surface area contributed by atoms with E-state index in [1.165, 1.54) is 6.42 Å². The van der Waals surface area contributed by atoms with Crippen LogP contribution in [0.15, 0.2) is 0 Å². The second-order valence-corrected chi connectivity index (χ2v) is 6.08. The average molecular weight is 268 g/mol. The summed E-state index contributed by atoms with van der Waals surface area (Å²) in [5.74, 6) is -0.513. The van der Waals surface area contributed by atoms with E-state index in [0.717, 1.165) is 25.7 Å². The van der Waals surface area contributed by atoms with Gasteiger partial charge in [0.2, 0.25) is 5.91 Å². The van der Waals surface area contributed by atoms with E-state index in [2.05, 4.69) is 6.92 Å². The number of rotatable bonds is 3. The van der Waals surface area contributed by atoms with Gasteiger partial charge < -0.3 is 10.0 Å². The number of hydrogen-bond acceptors (Lipinski definition) is 3. The summed E-state index contributed by atoms with van der Waals surface area (Å²) in [6, 6.07) is 0. The number of aliphatic carboxylic acids is 1. The van der Waals surface area contributed by atoms with E-state index in [1.54, 1.807) is 0 Å². The third-order valence-corrected chi connectivity index (χ3v) is 4.49. The molecule has 0 spiro atoms. The standard InChI is InChI=1S/C14H24N2O3/c1-14(5-3-2-4-6-14)13(19)16-9-7-15(8-10-16)11-12(17)18/h2-11H2,1H3,(H,17,18). The molecule has 1 heterocycles. The van der Waals surface area contributed by atoms with Crippen molar-refractivity contribution in [2.24, 2.45) is 5.41 Å². The molecule has 2 fully saturated rings. The molecule has 0 aromatic rings. The van der Waals surface area contributed by atoms with E-state index in [1.807, 2.05) is 9.80 Å². The normalized spacial score (nSPS) is 24.2. The Morgan fingerprint density at radius 3 is 2.16 bits per heavy atom. The van der Waals surface area contributed by atoms with Gasteiger partial charge in [0.1, 0.15) is 0 Å². The van der Waals surface area contributed by atoms with Crippen molar-refractivity contribution >= 4 is 11.9 Å². The van der Waals surface area contributed by atoms with Gasteiger partial charge in [-0.2, -0.15) is 0 Å². The molecular weight excluding hydrogens is 244 g/mol. The minimum absolute atomic E-state index is 0.0826. The summed E-state index contributed by atoms with van der Waals surface area (Å²) in [4.78, 5) is 27.1. The molecule has 2 rings (SSSR count). The minimum Gasteiger partial charge on any atom is -0.480 e. The van der Waals surface area contributed by atoms with Gasteiger partial charge >= 0.3 is 5.97 Å². The Bertz CT molecular complexity index is 343. The van der Waals surface area contributed by atoms with Gasteiger partial charge in [-0.1, -0.05) is 26.2 Å². The number of hydrogen-bond donors (Lipinski definition) is 1. The zero-order chi connectivity index (χ0) is 13.9. The van der Waals surface area contributed by atoms with Crippen molar-refractivity contribution in [3.8, 4) is 0 Å². The van der Waals surface area contributed by atoms with Crippen molar-refractivity contribution in [2.45, 2.75) is 39.0 Å². The second-order valence-electron chi connectivity index (χ2n) is 6.08. The smallest absolute Gasteiger partial charge is 0.317 e. The number of carbonyl (C=O) groups is 2. The Morgan fingerprint density at radius 1 is 1.05 bits per heavy atom. The van der Waals surface area contributed by atoms with Crippen LogP contribution in [0.2, 0.25) is 0 Å². The van der Waals surface area contributed by atoms with Crippen LogP contribution in [-0.4, -0.2) is 59.5 Å². The van der Waals surface area contributed by atoms with Crippen molar-refractivity contribution in [3.05, 3.63) is 0 Å². The first-order valence-electron chi connectivity index (χ1n) is 7.25. The molecule has 1 N–H and O–H groups in total. The number of carboxylic acids is 1. The average Bonchev–Trinajstić information content (AvgIpc) is 2.39. The molecule has 1 saturated heterocycles. The van der Waals surface area contributed by atoms with E-state index < -0.39 is 5.97 Å². The van der Waals surface area contributed by atoms with E-state index in [9.17, 15) is 9.59 Å². The number of nitrogens with zero attached hydrogens (tertiary/aromatic N) is 2.